The third-order valence-electron chi connectivity index (χ3n) is 5.97. The molecule has 0 aliphatic carbocycles. The van der Waals surface area contributed by atoms with Gasteiger partial charge in [0.25, 0.3) is 0 Å². The Bertz CT molecular complexity index is 802. The van der Waals surface area contributed by atoms with Crippen molar-refractivity contribution in [3.05, 3.63) is 108 Å². The van der Waals surface area contributed by atoms with E-state index in [4.69, 9.17) is 18.9 Å². The molecule has 0 bridgehead atoms. The van der Waals surface area contributed by atoms with Crippen LogP contribution in [0.4, 0.5) is 0 Å². The maximum absolute atomic E-state index is 6.70. The molecule has 0 aromatic heterocycles. The molecule has 0 fully saturated rings. The molecule has 0 aliphatic rings. The quantitative estimate of drug-likeness (QED) is 0.153. The van der Waals surface area contributed by atoms with Gasteiger partial charge in [0, 0.05) is 6.61 Å². The lowest BCUT2D eigenvalue weighted by Gasteiger charge is -2.36. The van der Waals surface area contributed by atoms with Crippen LogP contribution in [0.3, 0.4) is 0 Å². The molecular weight excluding hydrogens is 436 g/mol. The molecule has 4 nitrogen and oxygen atoms in total. The SMILES string of the molecule is CCCCCCOCCOCCOCCOC(c1ccccc1)(c1ccccc1)c1ccccc1. The number of benzene rings is 3. The van der Waals surface area contributed by atoms with Gasteiger partial charge in [-0.3, -0.25) is 0 Å². The average Bonchev–Trinajstić information content (AvgIpc) is 2.93. The van der Waals surface area contributed by atoms with Gasteiger partial charge in [-0.15, -0.1) is 0 Å². The van der Waals surface area contributed by atoms with Gasteiger partial charge in [-0.1, -0.05) is 117 Å². The van der Waals surface area contributed by atoms with Crippen molar-refractivity contribution in [1.29, 1.82) is 0 Å². The van der Waals surface area contributed by atoms with Crippen LogP contribution < -0.4 is 0 Å². The van der Waals surface area contributed by atoms with Crippen LogP contribution >= 0.6 is 0 Å². The summed E-state index contributed by atoms with van der Waals surface area (Å²) >= 11 is 0. The third-order valence-corrected chi connectivity index (χ3v) is 5.97. The summed E-state index contributed by atoms with van der Waals surface area (Å²) in [4.78, 5) is 0. The normalized spacial score (nSPS) is 11.6. The summed E-state index contributed by atoms with van der Waals surface area (Å²) in [6.07, 6.45) is 4.91. The highest BCUT2D eigenvalue weighted by Gasteiger charge is 2.37. The summed E-state index contributed by atoms with van der Waals surface area (Å²) in [7, 11) is 0. The molecule has 0 spiro atoms. The molecule has 4 heteroatoms. The van der Waals surface area contributed by atoms with Crippen molar-refractivity contribution >= 4 is 0 Å². The number of hydrogen-bond donors (Lipinski definition) is 0. The van der Waals surface area contributed by atoms with Crippen molar-refractivity contribution in [2.45, 2.75) is 38.2 Å². The summed E-state index contributed by atoms with van der Waals surface area (Å²) < 4.78 is 23.7. The van der Waals surface area contributed by atoms with Gasteiger partial charge in [-0.2, -0.15) is 0 Å². The molecule has 3 aromatic rings. The van der Waals surface area contributed by atoms with Crippen LogP contribution in [-0.2, 0) is 24.5 Å². The predicted molar refractivity (Wildman–Crippen MR) is 142 cm³/mol. The van der Waals surface area contributed by atoms with E-state index in [2.05, 4.69) is 79.7 Å². The van der Waals surface area contributed by atoms with Crippen LogP contribution in [0.2, 0.25) is 0 Å². The van der Waals surface area contributed by atoms with Crippen LogP contribution in [0.5, 0.6) is 0 Å². The highest BCUT2D eigenvalue weighted by Crippen LogP contribution is 2.40. The Morgan fingerprint density at radius 1 is 0.457 bits per heavy atom. The first-order chi connectivity index (χ1) is 17.4. The van der Waals surface area contributed by atoms with Crippen molar-refractivity contribution in [2.24, 2.45) is 0 Å². The van der Waals surface area contributed by atoms with Gasteiger partial charge >= 0.3 is 0 Å². The standard InChI is InChI=1S/C31H40O4/c1-2-3-4-14-21-32-22-23-33-24-25-34-26-27-35-31(28-15-8-5-9-16-28,29-17-10-6-11-18-29)30-19-12-7-13-20-30/h5-13,15-20H,2-4,14,21-27H2,1H3. The average molecular weight is 477 g/mol. The minimum absolute atomic E-state index is 0.458. The van der Waals surface area contributed by atoms with E-state index in [0.29, 0.717) is 39.6 Å². The van der Waals surface area contributed by atoms with E-state index in [1.54, 1.807) is 0 Å². The molecule has 0 heterocycles. The fourth-order valence-electron chi connectivity index (χ4n) is 4.20. The zero-order valence-corrected chi connectivity index (χ0v) is 21.1. The third kappa shape index (κ3) is 8.59. The number of rotatable bonds is 18. The summed E-state index contributed by atoms with van der Waals surface area (Å²) in [6.45, 7) is 6.33. The van der Waals surface area contributed by atoms with Crippen LogP contribution in [0.1, 0.15) is 49.3 Å². The van der Waals surface area contributed by atoms with Crippen molar-refractivity contribution in [2.75, 3.05) is 46.2 Å². The van der Waals surface area contributed by atoms with Gasteiger partial charge in [0.15, 0.2) is 0 Å². The second kappa shape index (κ2) is 16.2. The summed E-state index contributed by atoms with van der Waals surface area (Å²) in [5, 5.41) is 0. The zero-order valence-electron chi connectivity index (χ0n) is 21.1. The first kappa shape index (κ1) is 27.1. The van der Waals surface area contributed by atoms with Gasteiger partial charge in [-0.25, -0.2) is 0 Å². The molecule has 188 valence electrons. The van der Waals surface area contributed by atoms with E-state index >= 15 is 0 Å². The van der Waals surface area contributed by atoms with Gasteiger partial charge < -0.3 is 18.9 Å². The number of ether oxygens (including phenoxy) is 4. The molecule has 0 radical (unpaired) electrons. The molecule has 0 unspecified atom stereocenters. The van der Waals surface area contributed by atoms with Gasteiger partial charge in [0.1, 0.15) is 5.60 Å². The molecular formula is C31H40O4. The minimum atomic E-state index is -0.710. The fourth-order valence-corrected chi connectivity index (χ4v) is 4.20. The lowest BCUT2D eigenvalue weighted by Crippen LogP contribution is -2.34. The monoisotopic (exact) mass is 476 g/mol. The molecule has 35 heavy (non-hydrogen) atoms. The Kier molecular flexibility index (Phi) is 12.6. The fraction of sp³-hybridized carbons (Fsp3) is 0.419. The van der Waals surface area contributed by atoms with Crippen LogP contribution in [0.15, 0.2) is 91.0 Å². The van der Waals surface area contributed by atoms with E-state index in [1.807, 2.05) is 18.2 Å². The first-order valence-electron chi connectivity index (χ1n) is 12.9. The van der Waals surface area contributed by atoms with Crippen molar-refractivity contribution in [1.82, 2.24) is 0 Å². The molecule has 0 aliphatic heterocycles. The number of hydrogen-bond acceptors (Lipinski definition) is 4. The Morgan fingerprint density at radius 3 is 1.29 bits per heavy atom. The Balaban J connectivity index is 1.49. The van der Waals surface area contributed by atoms with Gasteiger partial charge in [0.05, 0.1) is 39.6 Å². The number of unbranched alkanes of at least 4 members (excludes halogenated alkanes) is 3. The summed E-state index contributed by atoms with van der Waals surface area (Å²) in [6, 6.07) is 31.2. The lowest BCUT2D eigenvalue weighted by molar-refractivity contribution is -0.0369. The second-order valence-corrected chi connectivity index (χ2v) is 8.53. The van der Waals surface area contributed by atoms with Crippen LogP contribution in [0, 0.1) is 0 Å². The molecule has 0 atom stereocenters. The molecule has 0 amide bonds. The molecule has 0 saturated carbocycles. The molecule has 0 saturated heterocycles. The van der Waals surface area contributed by atoms with Crippen LogP contribution in [0.25, 0.3) is 0 Å². The molecule has 0 N–H and O–H groups in total. The predicted octanol–water partition coefficient (Wildman–Crippen LogP) is 6.63. The summed E-state index contributed by atoms with van der Waals surface area (Å²) in [5.74, 6) is 0. The van der Waals surface area contributed by atoms with Gasteiger partial charge in [-0.05, 0) is 23.1 Å². The highest BCUT2D eigenvalue weighted by atomic mass is 16.6. The van der Waals surface area contributed by atoms with E-state index in [1.165, 1.54) is 19.3 Å². The smallest absolute Gasteiger partial charge is 0.143 e. The van der Waals surface area contributed by atoms with Crippen molar-refractivity contribution < 1.29 is 18.9 Å². The highest BCUT2D eigenvalue weighted by molar-refractivity contribution is 5.47. The van der Waals surface area contributed by atoms with E-state index in [0.717, 1.165) is 29.7 Å². The first-order valence-corrected chi connectivity index (χ1v) is 12.9. The van der Waals surface area contributed by atoms with Crippen molar-refractivity contribution in [3.63, 3.8) is 0 Å². The second-order valence-electron chi connectivity index (χ2n) is 8.53. The molecule has 3 aromatic carbocycles. The van der Waals surface area contributed by atoms with Gasteiger partial charge in [0.2, 0.25) is 0 Å². The maximum Gasteiger partial charge on any atom is 0.143 e. The Hall–Kier alpha value is -2.50. The summed E-state index contributed by atoms with van der Waals surface area (Å²) in [5.41, 5.74) is 2.57. The van der Waals surface area contributed by atoms with E-state index < -0.39 is 5.60 Å². The van der Waals surface area contributed by atoms with E-state index in [-0.39, 0.29) is 0 Å². The van der Waals surface area contributed by atoms with E-state index in [9.17, 15) is 0 Å². The zero-order chi connectivity index (χ0) is 24.4. The molecule has 3 rings (SSSR count). The Labute approximate surface area is 211 Å². The van der Waals surface area contributed by atoms with Crippen LogP contribution in [-0.4, -0.2) is 46.2 Å². The van der Waals surface area contributed by atoms with Crippen molar-refractivity contribution in [3.8, 4) is 0 Å². The Morgan fingerprint density at radius 2 is 0.857 bits per heavy atom. The largest absolute Gasteiger partial charge is 0.379 e. The minimum Gasteiger partial charge on any atom is -0.379 e. The lowest BCUT2D eigenvalue weighted by atomic mass is 9.80. The topological polar surface area (TPSA) is 36.9 Å². The maximum atomic E-state index is 6.70.